The van der Waals surface area contributed by atoms with Crippen LogP contribution < -0.4 is 0 Å². The van der Waals surface area contributed by atoms with Crippen molar-refractivity contribution in [2.45, 2.75) is 20.3 Å². The van der Waals surface area contributed by atoms with Crippen LogP contribution in [0.4, 0.5) is 0 Å². The number of hydrogen-bond donors (Lipinski definition) is 2. The molecule has 0 fully saturated rings. The highest BCUT2D eigenvalue weighted by Crippen LogP contribution is 2.22. The highest BCUT2D eigenvalue weighted by Gasteiger charge is 2.17. The second-order valence-corrected chi connectivity index (χ2v) is 3.34. The molecule has 0 aromatic carbocycles. The standard InChI is InChI=1S/C10H11N3O2/c1-3-6-7-4-11-13-9(7)12-5(2)8(6)10(14)15/h4H,3H2,1-2H3,(H,14,15)(H,11,12,13). The van der Waals surface area contributed by atoms with E-state index in [1.54, 1.807) is 13.1 Å². The molecule has 2 rings (SSSR count). The summed E-state index contributed by atoms with van der Waals surface area (Å²) in [7, 11) is 0. The Hall–Kier alpha value is -1.91. The third kappa shape index (κ3) is 1.36. The molecule has 0 bridgehead atoms. The maximum atomic E-state index is 11.1. The maximum Gasteiger partial charge on any atom is 0.337 e. The van der Waals surface area contributed by atoms with Gasteiger partial charge in [-0.15, -0.1) is 0 Å². The molecule has 0 aliphatic heterocycles. The highest BCUT2D eigenvalue weighted by molar-refractivity contribution is 5.96. The zero-order chi connectivity index (χ0) is 11.0. The fourth-order valence-electron chi connectivity index (χ4n) is 1.81. The van der Waals surface area contributed by atoms with Crippen molar-refractivity contribution in [1.82, 2.24) is 15.2 Å². The molecule has 5 heteroatoms. The van der Waals surface area contributed by atoms with Crippen molar-refractivity contribution in [3.8, 4) is 0 Å². The summed E-state index contributed by atoms with van der Waals surface area (Å²) in [5, 5.41) is 16.5. The van der Waals surface area contributed by atoms with E-state index in [2.05, 4.69) is 15.2 Å². The van der Waals surface area contributed by atoms with Crippen LogP contribution in [0.3, 0.4) is 0 Å². The van der Waals surface area contributed by atoms with Crippen molar-refractivity contribution >= 4 is 17.0 Å². The van der Waals surface area contributed by atoms with E-state index < -0.39 is 5.97 Å². The molecular formula is C10H11N3O2. The van der Waals surface area contributed by atoms with Crippen LogP contribution in [0, 0.1) is 6.92 Å². The average Bonchev–Trinajstić information content (AvgIpc) is 2.62. The summed E-state index contributed by atoms with van der Waals surface area (Å²) in [6.45, 7) is 3.62. The van der Waals surface area contributed by atoms with Gasteiger partial charge >= 0.3 is 5.97 Å². The van der Waals surface area contributed by atoms with Gasteiger partial charge in [-0.25, -0.2) is 9.78 Å². The fraction of sp³-hybridized carbons (Fsp3) is 0.300. The molecule has 2 heterocycles. The third-order valence-electron chi connectivity index (χ3n) is 2.45. The van der Waals surface area contributed by atoms with Gasteiger partial charge in [0.1, 0.15) is 0 Å². The summed E-state index contributed by atoms with van der Waals surface area (Å²) in [5.74, 6) is -0.931. The predicted octanol–water partition coefficient (Wildman–Crippen LogP) is 1.53. The molecule has 0 spiro atoms. The second-order valence-electron chi connectivity index (χ2n) is 3.34. The Morgan fingerprint density at radius 3 is 2.93 bits per heavy atom. The minimum atomic E-state index is -0.931. The van der Waals surface area contributed by atoms with Gasteiger partial charge in [0.2, 0.25) is 0 Å². The smallest absolute Gasteiger partial charge is 0.337 e. The minimum Gasteiger partial charge on any atom is -0.478 e. The van der Waals surface area contributed by atoms with Gasteiger partial charge in [0.25, 0.3) is 0 Å². The van der Waals surface area contributed by atoms with Crippen LogP contribution in [0.25, 0.3) is 11.0 Å². The number of carboxylic acid groups (broad SMARTS) is 1. The van der Waals surface area contributed by atoms with Crippen LogP contribution in [-0.2, 0) is 6.42 Å². The number of aromatic amines is 1. The lowest BCUT2D eigenvalue weighted by atomic mass is 10.0. The summed E-state index contributed by atoms with van der Waals surface area (Å²) < 4.78 is 0. The molecule has 0 aliphatic rings. The van der Waals surface area contributed by atoms with E-state index in [1.807, 2.05) is 6.92 Å². The molecule has 0 radical (unpaired) electrons. The Morgan fingerprint density at radius 2 is 2.33 bits per heavy atom. The number of pyridine rings is 1. The van der Waals surface area contributed by atoms with Crippen molar-refractivity contribution in [2.75, 3.05) is 0 Å². The van der Waals surface area contributed by atoms with Crippen molar-refractivity contribution in [1.29, 1.82) is 0 Å². The number of aromatic nitrogens is 3. The summed E-state index contributed by atoms with van der Waals surface area (Å²) in [6, 6.07) is 0. The largest absolute Gasteiger partial charge is 0.478 e. The molecular weight excluding hydrogens is 194 g/mol. The molecule has 15 heavy (non-hydrogen) atoms. The number of hydrogen-bond acceptors (Lipinski definition) is 3. The van der Waals surface area contributed by atoms with Crippen molar-refractivity contribution < 1.29 is 9.90 Å². The summed E-state index contributed by atoms with van der Waals surface area (Å²) in [4.78, 5) is 15.3. The van der Waals surface area contributed by atoms with E-state index in [1.165, 1.54) is 0 Å². The zero-order valence-corrected chi connectivity index (χ0v) is 8.53. The Bertz CT molecular complexity index is 531. The van der Waals surface area contributed by atoms with E-state index in [0.717, 1.165) is 10.9 Å². The zero-order valence-electron chi connectivity index (χ0n) is 8.53. The Morgan fingerprint density at radius 1 is 1.60 bits per heavy atom. The number of aromatic carboxylic acids is 1. The van der Waals surface area contributed by atoms with Crippen LogP contribution in [0.15, 0.2) is 6.20 Å². The topological polar surface area (TPSA) is 78.9 Å². The summed E-state index contributed by atoms with van der Waals surface area (Å²) in [5.41, 5.74) is 2.26. The fourth-order valence-corrected chi connectivity index (χ4v) is 1.81. The minimum absolute atomic E-state index is 0.298. The number of carboxylic acids is 1. The van der Waals surface area contributed by atoms with Crippen LogP contribution in [0.2, 0.25) is 0 Å². The molecule has 0 aliphatic carbocycles. The lowest BCUT2D eigenvalue weighted by Crippen LogP contribution is -2.07. The number of rotatable bonds is 2. The number of nitrogens with zero attached hydrogens (tertiary/aromatic N) is 2. The third-order valence-corrected chi connectivity index (χ3v) is 2.45. The Kier molecular flexibility index (Phi) is 2.15. The van der Waals surface area contributed by atoms with Crippen molar-refractivity contribution in [2.24, 2.45) is 0 Å². The predicted molar refractivity (Wildman–Crippen MR) is 55.0 cm³/mol. The van der Waals surface area contributed by atoms with Gasteiger partial charge in [-0.3, -0.25) is 5.10 Å². The first-order valence-electron chi connectivity index (χ1n) is 4.71. The molecule has 0 saturated heterocycles. The molecule has 0 saturated carbocycles. The molecule has 0 amide bonds. The molecule has 0 atom stereocenters. The number of aryl methyl sites for hydroxylation is 2. The van der Waals surface area contributed by atoms with E-state index in [-0.39, 0.29) is 0 Å². The van der Waals surface area contributed by atoms with E-state index in [0.29, 0.717) is 23.3 Å². The summed E-state index contributed by atoms with van der Waals surface area (Å²) in [6.07, 6.45) is 2.27. The average molecular weight is 205 g/mol. The van der Waals surface area contributed by atoms with Crippen molar-refractivity contribution in [3.05, 3.63) is 23.0 Å². The monoisotopic (exact) mass is 205 g/mol. The van der Waals surface area contributed by atoms with Gasteiger partial charge in [0.15, 0.2) is 5.65 Å². The summed E-state index contributed by atoms with van der Waals surface area (Å²) >= 11 is 0. The molecule has 2 aromatic rings. The molecule has 2 N–H and O–H groups in total. The number of carbonyl (C=O) groups is 1. The van der Waals surface area contributed by atoms with Gasteiger partial charge in [-0.05, 0) is 18.9 Å². The van der Waals surface area contributed by atoms with Gasteiger partial charge in [-0.2, -0.15) is 5.10 Å². The first kappa shape index (κ1) is 9.64. The molecule has 5 nitrogen and oxygen atoms in total. The molecule has 0 unspecified atom stereocenters. The first-order valence-corrected chi connectivity index (χ1v) is 4.71. The normalized spacial score (nSPS) is 10.8. The Balaban J connectivity index is 2.88. The van der Waals surface area contributed by atoms with Crippen LogP contribution in [-0.4, -0.2) is 26.3 Å². The maximum absolute atomic E-state index is 11.1. The van der Waals surface area contributed by atoms with E-state index in [9.17, 15) is 4.79 Å². The van der Waals surface area contributed by atoms with Crippen LogP contribution in [0.5, 0.6) is 0 Å². The number of fused-ring (bicyclic) bond motifs is 1. The van der Waals surface area contributed by atoms with E-state index in [4.69, 9.17) is 5.11 Å². The molecule has 78 valence electrons. The van der Waals surface area contributed by atoms with Gasteiger partial charge in [-0.1, -0.05) is 6.92 Å². The quantitative estimate of drug-likeness (QED) is 0.779. The molecule has 2 aromatic heterocycles. The number of H-pyrrole nitrogens is 1. The van der Waals surface area contributed by atoms with Gasteiger partial charge in [0, 0.05) is 5.39 Å². The van der Waals surface area contributed by atoms with Crippen LogP contribution >= 0.6 is 0 Å². The SMILES string of the molecule is CCc1c(C(=O)O)c(C)nc2[nH]ncc12. The van der Waals surface area contributed by atoms with Gasteiger partial charge < -0.3 is 5.11 Å². The van der Waals surface area contributed by atoms with E-state index >= 15 is 0 Å². The van der Waals surface area contributed by atoms with Crippen molar-refractivity contribution in [3.63, 3.8) is 0 Å². The number of nitrogens with one attached hydrogen (secondary N) is 1. The lowest BCUT2D eigenvalue weighted by molar-refractivity contribution is 0.0694. The second kappa shape index (κ2) is 3.34. The Labute approximate surface area is 86.1 Å². The highest BCUT2D eigenvalue weighted by atomic mass is 16.4. The van der Waals surface area contributed by atoms with Gasteiger partial charge in [0.05, 0.1) is 17.5 Å². The lowest BCUT2D eigenvalue weighted by Gasteiger charge is -2.07. The first-order chi connectivity index (χ1) is 7.15. The van der Waals surface area contributed by atoms with Crippen LogP contribution in [0.1, 0.15) is 28.5 Å².